The van der Waals surface area contributed by atoms with Crippen molar-refractivity contribution in [1.82, 2.24) is 19.6 Å². The van der Waals surface area contributed by atoms with Gasteiger partial charge in [0.15, 0.2) is 5.82 Å². The molecule has 0 spiro atoms. The molecule has 0 bridgehead atoms. The van der Waals surface area contributed by atoms with E-state index in [-0.39, 0.29) is 0 Å². The lowest BCUT2D eigenvalue weighted by molar-refractivity contribution is 0.169. The summed E-state index contributed by atoms with van der Waals surface area (Å²) in [4.78, 5) is 6.57. The Kier molecular flexibility index (Phi) is 3.68. The smallest absolute Gasteiger partial charge is 0.203 e. The summed E-state index contributed by atoms with van der Waals surface area (Å²) in [5.41, 5.74) is 2.40. The SMILES string of the molecule is COc1ccc(OC)c2c1CN(c1nccn3c(C4CC4)nnc13)CC2O. The Hall–Kier alpha value is -2.87. The zero-order valence-electron chi connectivity index (χ0n) is 15.3. The van der Waals surface area contributed by atoms with E-state index in [1.54, 1.807) is 20.4 Å². The highest BCUT2D eigenvalue weighted by Gasteiger charge is 2.33. The third-order valence-electron chi connectivity index (χ3n) is 5.37. The summed E-state index contributed by atoms with van der Waals surface area (Å²) in [6.07, 6.45) is 5.27. The van der Waals surface area contributed by atoms with E-state index < -0.39 is 6.10 Å². The molecule has 1 N–H and O–H groups in total. The average Bonchev–Trinajstić information content (AvgIpc) is 3.45. The lowest BCUT2D eigenvalue weighted by atomic mass is 9.95. The van der Waals surface area contributed by atoms with Crippen LogP contribution < -0.4 is 14.4 Å². The minimum atomic E-state index is -0.716. The second-order valence-corrected chi connectivity index (χ2v) is 7.04. The molecule has 1 aliphatic carbocycles. The van der Waals surface area contributed by atoms with Gasteiger partial charge in [-0.3, -0.25) is 4.40 Å². The van der Waals surface area contributed by atoms with Gasteiger partial charge < -0.3 is 19.5 Å². The van der Waals surface area contributed by atoms with E-state index in [1.165, 1.54) is 0 Å². The van der Waals surface area contributed by atoms with Gasteiger partial charge in [-0.25, -0.2) is 4.98 Å². The maximum Gasteiger partial charge on any atom is 0.203 e. The second-order valence-electron chi connectivity index (χ2n) is 7.04. The standard InChI is InChI=1S/C19H21N5O3/c1-26-14-5-6-15(27-2)16-12(14)9-23(10-13(16)25)18-19-22-21-17(11-3-4-11)24(19)8-7-20-18/h5-8,11,13,25H,3-4,9-10H2,1-2H3. The zero-order valence-corrected chi connectivity index (χ0v) is 15.3. The van der Waals surface area contributed by atoms with Crippen LogP contribution in [0.2, 0.25) is 0 Å². The van der Waals surface area contributed by atoms with Gasteiger partial charge in [0, 0.05) is 36.0 Å². The van der Waals surface area contributed by atoms with E-state index in [0.29, 0.717) is 30.6 Å². The number of anilines is 1. The highest BCUT2D eigenvalue weighted by atomic mass is 16.5. The van der Waals surface area contributed by atoms with Crippen molar-refractivity contribution in [3.63, 3.8) is 0 Å². The van der Waals surface area contributed by atoms with Gasteiger partial charge >= 0.3 is 0 Å². The van der Waals surface area contributed by atoms with Crippen molar-refractivity contribution in [2.45, 2.75) is 31.4 Å². The fraction of sp³-hybridized carbons (Fsp3) is 0.421. The first kappa shape index (κ1) is 16.3. The van der Waals surface area contributed by atoms with E-state index in [1.807, 2.05) is 27.6 Å². The molecule has 3 heterocycles. The van der Waals surface area contributed by atoms with E-state index in [9.17, 15) is 5.11 Å². The number of hydrogen-bond acceptors (Lipinski definition) is 7. The predicted octanol–water partition coefficient (Wildman–Crippen LogP) is 2.07. The molecule has 2 aliphatic rings. The van der Waals surface area contributed by atoms with Gasteiger partial charge in [-0.1, -0.05) is 0 Å². The molecule has 3 aromatic rings. The van der Waals surface area contributed by atoms with Crippen LogP contribution in [0, 0.1) is 0 Å². The number of ether oxygens (including phenoxy) is 2. The maximum absolute atomic E-state index is 10.9. The number of hydrogen-bond donors (Lipinski definition) is 1. The van der Waals surface area contributed by atoms with Gasteiger partial charge in [-0.05, 0) is 25.0 Å². The van der Waals surface area contributed by atoms with Gasteiger partial charge in [0.05, 0.1) is 20.8 Å². The van der Waals surface area contributed by atoms with Crippen LogP contribution in [0.25, 0.3) is 5.65 Å². The molecule has 27 heavy (non-hydrogen) atoms. The van der Waals surface area contributed by atoms with Crippen molar-refractivity contribution in [2.24, 2.45) is 0 Å². The number of rotatable bonds is 4. The van der Waals surface area contributed by atoms with E-state index in [2.05, 4.69) is 15.2 Å². The highest BCUT2D eigenvalue weighted by molar-refractivity contribution is 5.66. The van der Waals surface area contributed by atoms with Gasteiger partial charge in [0.25, 0.3) is 0 Å². The highest BCUT2D eigenvalue weighted by Crippen LogP contribution is 2.42. The summed E-state index contributed by atoms with van der Waals surface area (Å²) in [5, 5.41) is 19.6. The molecule has 1 aromatic carbocycles. The van der Waals surface area contributed by atoms with Crippen LogP contribution in [-0.4, -0.2) is 45.5 Å². The summed E-state index contributed by atoms with van der Waals surface area (Å²) in [6, 6.07) is 3.69. The Bertz CT molecular complexity index is 1010. The van der Waals surface area contributed by atoms with Crippen LogP contribution in [0.3, 0.4) is 0 Å². The van der Waals surface area contributed by atoms with E-state index in [4.69, 9.17) is 9.47 Å². The summed E-state index contributed by atoms with van der Waals surface area (Å²) in [5.74, 6) is 3.59. The molecule has 0 amide bonds. The lowest BCUT2D eigenvalue weighted by Gasteiger charge is -2.34. The van der Waals surface area contributed by atoms with Crippen molar-refractivity contribution in [3.05, 3.63) is 41.5 Å². The zero-order chi connectivity index (χ0) is 18.5. The molecule has 1 fully saturated rings. The van der Waals surface area contributed by atoms with Gasteiger partial charge in [-0.15, -0.1) is 10.2 Å². The van der Waals surface area contributed by atoms with Crippen LogP contribution in [0.4, 0.5) is 5.82 Å². The molecule has 140 valence electrons. The fourth-order valence-corrected chi connectivity index (χ4v) is 3.91. The summed E-state index contributed by atoms with van der Waals surface area (Å²) in [7, 11) is 3.24. The predicted molar refractivity (Wildman–Crippen MR) is 98.3 cm³/mol. The van der Waals surface area contributed by atoms with E-state index in [0.717, 1.165) is 41.2 Å². The van der Waals surface area contributed by atoms with Crippen LogP contribution in [-0.2, 0) is 6.54 Å². The average molecular weight is 367 g/mol. The van der Waals surface area contributed by atoms with Crippen molar-refractivity contribution in [3.8, 4) is 11.5 Å². The molecule has 1 unspecified atom stereocenters. The first-order valence-electron chi connectivity index (χ1n) is 9.07. The van der Waals surface area contributed by atoms with Crippen molar-refractivity contribution in [1.29, 1.82) is 0 Å². The van der Waals surface area contributed by atoms with Crippen molar-refractivity contribution >= 4 is 11.5 Å². The number of nitrogens with zero attached hydrogens (tertiary/aromatic N) is 5. The first-order chi connectivity index (χ1) is 13.2. The van der Waals surface area contributed by atoms with Crippen LogP contribution in [0.5, 0.6) is 11.5 Å². The fourth-order valence-electron chi connectivity index (χ4n) is 3.91. The van der Waals surface area contributed by atoms with Crippen LogP contribution in [0.1, 0.15) is 41.8 Å². The minimum Gasteiger partial charge on any atom is -0.496 e. The summed E-state index contributed by atoms with van der Waals surface area (Å²) < 4.78 is 13.0. The second kappa shape index (κ2) is 6.09. The molecule has 2 aromatic heterocycles. The summed E-state index contributed by atoms with van der Waals surface area (Å²) in [6.45, 7) is 0.944. The number of aliphatic hydroxyl groups excluding tert-OH is 1. The molecule has 5 rings (SSSR count). The molecule has 0 saturated heterocycles. The van der Waals surface area contributed by atoms with Gasteiger partial charge in [-0.2, -0.15) is 0 Å². The molecular formula is C19H21N5O3. The Balaban J connectivity index is 1.60. The van der Waals surface area contributed by atoms with Crippen molar-refractivity contribution < 1.29 is 14.6 Å². The Labute approximate surface area is 156 Å². The normalized spacial score (nSPS) is 19.2. The van der Waals surface area contributed by atoms with Crippen LogP contribution in [0.15, 0.2) is 24.5 Å². The van der Waals surface area contributed by atoms with Gasteiger partial charge in [0.1, 0.15) is 23.4 Å². The number of benzene rings is 1. The molecule has 1 atom stereocenters. The maximum atomic E-state index is 10.9. The number of β-amino-alcohol motifs (C(OH)–C–C–N with tert-alkyl or cyclic N) is 1. The monoisotopic (exact) mass is 367 g/mol. The first-order valence-corrected chi connectivity index (χ1v) is 9.07. The topological polar surface area (TPSA) is 85.0 Å². The molecule has 1 saturated carbocycles. The van der Waals surface area contributed by atoms with Crippen molar-refractivity contribution in [2.75, 3.05) is 25.7 Å². The number of methoxy groups -OCH3 is 2. The minimum absolute atomic E-state index is 0.398. The van der Waals surface area contributed by atoms with Crippen LogP contribution >= 0.6 is 0 Å². The Morgan fingerprint density at radius 1 is 1.11 bits per heavy atom. The largest absolute Gasteiger partial charge is 0.496 e. The molecule has 8 heteroatoms. The van der Waals surface area contributed by atoms with E-state index >= 15 is 0 Å². The number of aromatic nitrogens is 4. The number of fused-ring (bicyclic) bond motifs is 2. The Morgan fingerprint density at radius 2 is 1.89 bits per heavy atom. The third-order valence-corrected chi connectivity index (χ3v) is 5.37. The lowest BCUT2D eigenvalue weighted by Crippen LogP contribution is -2.35. The van der Waals surface area contributed by atoms with Gasteiger partial charge in [0.2, 0.25) is 5.65 Å². The third kappa shape index (κ3) is 2.51. The molecule has 8 nitrogen and oxygen atoms in total. The Morgan fingerprint density at radius 3 is 2.63 bits per heavy atom. The summed E-state index contributed by atoms with van der Waals surface area (Å²) >= 11 is 0. The number of aliphatic hydroxyl groups is 1. The molecule has 1 aliphatic heterocycles. The quantitative estimate of drug-likeness (QED) is 0.755. The molecular weight excluding hydrogens is 346 g/mol. The molecule has 0 radical (unpaired) electrons.